The number of alkyl halides is 9. The van der Waals surface area contributed by atoms with E-state index in [1.165, 1.54) is 0 Å². The first-order chi connectivity index (χ1) is 12.4. The summed E-state index contributed by atoms with van der Waals surface area (Å²) in [6.07, 6.45) is 0. The third-order valence-electron chi connectivity index (χ3n) is 2.55. The van der Waals surface area contributed by atoms with Crippen molar-refractivity contribution in [3.8, 4) is 0 Å². The molecule has 28 heavy (non-hydrogen) atoms. The zero-order valence-corrected chi connectivity index (χ0v) is 16.0. The monoisotopic (exact) mass is 477 g/mol. The molecule has 0 unspecified atom stereocenters. The predicted octanol–water partition coefficient (Wildman–Crippen LogP) is 6.42. The van der Waals surface area contributed by atoms with Crippen LogP contribution in [0.5, 0.6) is 0 Å². The van der Waals surface area contributed by atoms with Gasteiger partial charge < -0.3 is 0 Å². The largest absolute Gasteiger partial charge is 0.446 e. The van der Waals surface area contributed by atoms with Gasteiger partial charge in [0.15, 0.2) is 0 Å². The molecule has 2 amide bonds. The zero-order valence-electron chi connectivity index (χ0n) is 13.5. The number of carbonyl (C=O) groups is 2. The van der Waals surface area contributed by atoms with Crippen molar-refractivity contribution < 1.29 is 49.1 Å². The first kappa shape index (κ1) is 24.8. The van der Waals surface area contributed by atoms with Gasteiger partial charge in [-0.25, -0.2) is 4.90 Å². The molecule has 15 heteroatoms. The maximum absolute atomic E-state index is 12.8. The SMILES string of the molecule is CC(=O)N(C(C)=O)c1c(SC(F)(F)F)cc(SC(F)(F)F)cc1SC(F)(F)F. The lowest BCUT2D eigenvalue weighted by atomic mass is 10.2. The summed E-state index contributed by atoms with van der Waals surface area (Å²) in [6, 6.07) is 0.649. The fraction of sp³-hybridized carbons (Fsp3) is 0.385. The van der Waals surface area contributed by atoms with Crippen LogP contribution < -0.4 is 4.90 Å². The third kappa shape index (κ3) is 8.03. The molecule has 0 aliphatic heterocycles. The summed E-state index contributed by atoms with van der Waals surface area (Å²) >= 11 is -3.00. The number of thioether (sulfide) groups is 3. The van der Waals surface area contributed by atoms with Crippen LogP contribution in [0.2, 0.25) is 0 Å². The van der Waals surface area contributed by atoms with Crippen LogP contribution in [0, 0.1) is 0 Å². The Kier molecular flexibility index (Phi) is 7.67. The zero-order chi connectivity index (χ0) is 22.1. The number of hydrogen-bond donors (Lipinski definition) is 0. The van der Waals surface area contributed by atoms with Crippen molar-refractivity contribution in [3.63, 3.8) is 0 Å². The number of benzene rings is 1. The highest BCUT2D eigenvalue weighted by Crippen LogP contribution is 2.51. The summed E-state index contributed by atoms with van der Waals surface area (Å²) in [5.74, 6) is -2.42. The average molecular weight is 477 g/mol. The second kappa shape index (κ2) is 8.65. The van der Waals surface area contributed by atoms with E-state index in [0.29, 0.717) is 26.0 Å². The van der Waals surface area contributed by atoms with Crippen LogP contribution in [-0.2, 0) is 9.59 Å². The number of hydrogen-bond acceptors (Lipinski definition) is 5. The normalized spacial score (nSPS) is 12.8. The van der Waals surface area contributed by atoms with Crippen LogP contribution in [-0.4, -0.2) is 28.3 Å². The Morgan fingerprint density at radius 3 is 1.29 bits per heavy atom. The first-order valence-electron chi connectivity index (χ1n) is 6.66. The van der Waals surface area contributed by atoms with Gasteiger partial charge in [-0.2, -0.15) is 39.5 Å². The van der Waals surface area contributed by atoms with Gasteiger partial charge in [-0.1, -0.05) is 0 Å². The van der Waals surface area contributed by atoms with E-state index in [2.05, 4.69) is 0 Å². The van der Waals surface area contributed by atoms with Gasteiger partial charge in [0.1, 0.15) is 0 Å². The highest BCUT2D eigenvalue weighted by Gasteiger charge is 2.39. The van der Waals surface area contributed by atoms with Crippen LogP contribution in [0.3, 0.4) is 0 Å². The first-order valence-corrected chi connectivity index (χ1v) is 9.11. The van der Waals surface area contributed by atoms with Crippen LogP contribution >= 0.6 is 35.3 Å². The molecule has 0 fully saturated rings. The lowest BCUT2D eigenvalue weighted by Gasteiger charge is -2.25. The van der Waals surface area contributed by atoms with E-state index in [1.807, 2.05) is 0 Å². The molecule has 0 spiro atoms. The van der Waals surface area contributed by atoms with Crippen LogP contribution in [0.1, 0.15) is 13.8 Å². The summed E-state index contributed by atoms with van der Waals surface area (Å²) in [5, 5.41) is 0. The van der Waals surface area contributed by atoms with E-state index in [1.54, 1.807) is 0 Å². The summed E-state index contributed by atoms with van der Waals surface area (Å²) in [5.41, 5.74) is -16.3. The molecule has 0 radical (unpaired) electrons. The van der Waals surface area contributed by atoms with Gasteiger partial charge in [-0.05, 0) is 47.4 Å². The number of nitrogens with zero attached hydrogens (tertiary/aromatic N) is 1. The standard InChI is InChI=1S/C13H8F9NO2S3/c1-5(24)23(6(2)25)10-8(27-12(17,18)19)3-7(26-11(14,15)16)4-9(10)28-13(20,21)22/h3-4H,1-2H3. The molecule has 0 saturated heterocycles. The number of amides is 2. The summed E-state index contributed by atoms with van der Waals surface area (Å²) in [6.45, 7) is 1.42. The molecule has 0 aliphatic carbocycles. The summed E-state index contributed by atoms with van der Waals surface area (Å²) in [4.78, 5) is 20.1. The molecule has 1 rings (SSSR count). The Labute approximate surface area is 164 Å². The predicted molar refractivity (Wildman–Crippen MR) is 86.0 cm³/mol. The summed E-state index contributed by atoms with van der Waals surface area (Å²) in [7, 11) is 0. The van der Waals surface area contributed by atoms with E-state index in [9.17, 15) is 49.1 Å². The van der Waals surface area contributed by atoms with E-state index in [4.69, 9.17) is 0 Å². The molecular formula is C13H8F9NO2S3. The fourth-order valence-corrected chi connectivity index (χ4v) is 4.21. The Hall–Kier alpha value is -1.22. The Bertz CT molecular complexity index is 708. The van der Waals surface area contributed by atoms with Gasteiger partial charge in [0.2, 0.25) is 11.8 Å². The van der Waals surface area contributed by atoms with Crippen LogP contribution in [0.4, 0.5) is 45.2 Å². The Morgan fingerprint density at radius 2 is 1.04 bits per heavy atom. The average Bonchev–Trinajstić information content (AvgIpc) is 2.35. The van der Waals surface area contributed by atoms with Gasteiger partial charge in [0, 0.05) is 28.5 Å². The number of rotatable bonds is 4. The van der Waals surface area contributed by atoms with Gasteiger partial charge >= 0.3 is 16.5 Å². The van der Waals surface area contributed by atoms with Crippen molar-refractivity contribution in [2.24, 2.45) is 0 Å². The van der Waals surface area contributed by atoms with Crippen LogP contribution in [0.15, 0.2) is 26.8 Å². The molecule has 0 bridgehead atoms. The van der Waals surface area contributed by atoms with Crippen molar-refractivity contribution in [1.82, 2.24) is 0 Å². The van der Waals surface area contributed by atoms with Crippen LogP contribution in [0.25, 0.3) is 0 Å². The number of anilines is 1. The second-order valence-corrected chi connectivity index (χ2v) is 8.14. The van der Waals surface area contributed by atoms with Crippen molar-refractivity contribution in [2.45, 2.75) is 45.1 Å². The van der Waals surface area contributed by atoms with Gasteiger partial charge in [0.25, 0.3) is 0 Å². The van der Waals surface area contributed by atoms with Crippen molar-refractivity contribution in [1.29, 1.82) is 0 Å². The maximum atomic E-state index is 12.8. The molecule has 0 aromatic heterocycles. The second-order valence-electron chi connectivity index (χ2n) is 4.79. The third-order valence-corrected chi connectivity index (χ3v) is 4.78. The molecule has 0 saturated carbocycles. The maximum Gasteiger partial charge on any atom is 0.446 e. The molecule has 158 valence electrons. The molecule has 0 heterocycles. The molecular weight excluding hydrogens is 469 g/mol. The van der Waals surface area contributed by atoms with Crippen molar-refractivity contribution in [2.75, 3.05) is 4.90 Å². The van der Waals surface area contributed by atoms with Crippen molar-refractivity contribution in [3.05, 3.63) is 12.1 Å². The van der Waals surface area contributed by atoms with E-state index in [0.717, 1.165) is 0 Å². The molecule has 0 atom stereocenters. The fourth-order valence-electron chi connectivity index (χ4n) is 1.91. The Morgan fingerprint density at radius 1 is 0.714 bits per heavy atom. The number of imide groups is 1. The lowest BCUT2D eigenvalue weighted by molar-refractivity contribution is -0.124. The number of carbonyl (C=O) groups excluding carboxylic acids is 2. The minimum Gasteiger partial charge on any atom is -0.274 e. The minimum absolute atomic E-state index is 0.0458. The quantitative estimate of drug-likeness (QED) is 0.370. The highest BCUT2D eigenvalue weighted by atomic mass is 32.2. The minimum atomic E-state index is -5.12. The van der Waals surface area contributed by atoms with E-state index in [-0.39, 0.29) is 4.90 Å². The van der Waals surface area contributed by atoms with Gasteiger partial charge in [0.05, 0.1) is 5.69 Å². The van der Waals surface area contributed by atoms with E-state index < -0.39 is 84.0 Å². The van der Waals surface area contributed by atoms with E-state index >= 15 is 0 Å². The van der Waals surface area contributed by atoms with Gasteiger partial charge in [-0.3, -0.25) is 9.59 Å². The molecule has 0 aliphatic rings. The smallest absolute Gasteiger partial charge is 0.274 e. The topological polar surface area (TPSA) is 37.4 Å². The highest BCUT2D eigenvalue weighted by molar-refractivity contribution is 8.01. The Balaban J connectivity index is 3.82. The molecule has 1 aromatic rings. The molecule has 0 N–H and O–H groups in total. The number of halogens is 9. The summed E-state index contributed by atoms with van der Waals surface area (Å²) < 4.78 is 115. The van der Waals surface area contributed by atoms with Crippen molar-refractivity contribution >= 4 is 52.8 Å². The lowest BCUT2D eigenvalue weighted by Crippen LogP contribution is -2.34. The van der Waals surface area contributed by atoms with Gasteiger partial charge in [-0.15, -0.1) is 0 Å². The molecule has 3 nitrogen and oxygen atoms in total. The molecule has 1 aromatic carbocycles.